The summed E-state index contributed by atoms with van der Waals surface area (Å²) in [6.07, 6.45) is -2.96. The van der Waals surface area contributed by atoms with E-state index in [1.807, 2.05) is 32.0 Å². The fraction of sp³-hybridized carbons (Fsp3) is 0.158. The second-order valence-electron chi connectivity index (χ2n) is 5.81. The molecule has 0 spiro atoms. The monoisotopic (exact) mass is 358 g/mol. The van der Waals surface area contributed by atoms with Crippen molar-refractivity contribution in [2.45, 2.75) is 20.0 Å². The van der Waals surface area contributed by atoms with Crippen LogP contribution in [-0.4, -0.2) is 9.97 Å². The van der Waals surface area contributed by atoms with Gasteiger partial charge >= 0.3 is 6.18 Å². The van der Waals surface area contributed by atoms with E-state index in [-0.39, 0.29) is 11.5 Å². The molecule has 26 heavy (non-hydrogen) atoms. The minimum atomic E-state index is -4.45. The van der Waals surface area contributed by atoms with Crippen molar-refractivity contribution >= 4 is 23.1 Å². The van der Waals surface area contributed by atoms with E-state index in [0.717, 1.165) is 22.9 Å². The molecule has 0 radical (unpaired) electrons. The molecule has 1 heterocycles. The van der Waals surface area contributed by atoms with Gasteiger partial charge in [-0.2, -0.15) is 18.2 Å². The van der Waals surface area contributed by atoms with Crippen LogP contribution >= 0.6 is 0 Å². The number of alkyl halides is 3. The Hall–Kier alpha value is -3.09. The second kappa shape index (κ2) is 7.03. The largest absolute Gasteiger partial charge is 0.418 e. The van der Waals surface area contributed by atoms with Gasteiger partial charge in [0.15, 0.2) is 0 Å². The molecule has 134 valence electrons. The minimum Gasteiger partial charge on any atom is -0.340 e. The molecular weight excluding hydrogens is 341 g/mol. The van der Waals surface area contributed by atoms with E-state index in [4.69, 9.17) is 0 Å². The highest BCUT2D eigenvalue weighted by Crippen LogP contribution is 2.35. The molecule has 0 aliphatic heterocycles. The molecule has 0 saturated carbocycles. The van der Waals surface area contributed by atoms with Gasteiger partial charge in [0, 0.05) is 11.9 Å². The highest BCUT2D eigenvalue weighted by atomic mass is 19.4. The van der Waals surface area contributed by atoms with Crippen LogP contribution < -0.4 is 10.6 Å². The molecule has 0 saturated heterocycles. The van der Waals surface area contributed by atoms with Gasteiger partial charge in [0.2, 0.25) is 5.95 Å². The number of halogens is 3. The third-order valence-corrected chi connectivity index (χ3v) is 4.00. The molecule has 0 atom stereocenters. The second-order valence-corrected chi connectivity index (χ2v) is 5.81. The Bertz CT molecular complexity index is 923. The number of rotatable bonds is 4. The van der Waals surface area contributed by atoms with Gasteiger partial charge in [0.25, 0.3) is 0 Å². The van der Waals surface area contributed by atoms with Gasteiger partial charge < -0.3 is 10.6 Å². The van der Waals surface area contributed by atoms with Gasteiger partial charge in [-0.3, -0.25) is 0 Å². The maximum absolute atomic E-state index is 13.1. The van der Waals surface area contributed by atoms with Crippen molar-refractivity contribution in [3.05, 3.63) is 71.4 Å². The van der Waals surface area contributed by atoms with Crippen LogP contribution in [0.4, 0.5) is 36.3 Å². The Kier molecular flexibility index (Phi) is 4.79. The SMILES string of the molecule is Cc1cccc(Nc2nccc(Nc3ccccc3C(F)(F)F)n2)c1C. The lowest BCUT2D eigenvalue weighted by molar-refractivity contribution is -0.136. The van der Waals surface area contributed by atoms with E-state index in [2.05, 4.69) is 20.6 Å². The van der Waals surface area contributed by atoms with Crippen molar-refractivity contribution < 1.29 is 13.2 Å². The summed E-state index contributed by atoms with van der Waals surface area (Å²) in [5.41, 5.74) is 2.21. The van der Waals surface area contributed by atoms with Gasteiger partial charge in [-0.1, -0.05) is 24.3 Å². The standard InChI is InChI=1S/C19H17F3N4/c1-12-6-5-9-15(13(12)2)25-18-23-11-10-17(26-18)24-16-8-4-3-7-14(16)19(20,21)22/h3-11H,1-2H3,(H2,23,24,25,26). The van der Waals surface area contributed by atoms with E-state index in [9.17, 15) is 13.2 Å². The number of hydrogen-bond donors (Lipinski definition) is 2. The summed E-state index contributed by atoms with van der Waals surface area (Å²) < 4.78 is 39.3. The van der Waals surface area contributed by atoms with Gasteiger partial charge in [0.05, 0.1) is 11.3 Å². The van der Waals surface area contributed by atoms with Gasteiger partial charge in [-0.15, -0.1) is 0 Å². The number of nitrogens with one attached hydrogen (secondary N) is 2. The number of para-hydroxylation sites is 1. The summed E-state index contributed by atoms with van der Waals surface area (Å²) in [5.74, 6) is 0.567. The number of aromatic nitrogens is 2. The summed E-state index contributed by atoms with van der Waals surface area (Å²) in [5, 5.41) is 5.82. The van der Waals surface area contributed by atoms with E-state index in [1.165, 1.54) is 30.5 Å². The topological polar surface area (TPSA) is 49.8 Å². The fourth-order valence-electron chi connectivity index (χ4n) is 2.47. The van der Waals surface area contributed by atoms with Gasteiger partial charge in [-0.05, 0) is 49.2 Å². The smallest absolute Gasteiger partial charge is 0.340 e. The Morgan fingerprint density at radius 1 is 0.846 bits per heavy atom. The first kappa shape index (κ1) is 17.7. The maximum atomic E-state index is 13.1. The van der Waals surface area contributed by atoms with Crippen molar-refractivity contribution in [3.8, 4) is 0 Å². The lowest BCUT2D eigenvalue weighted by Gasteiger charge is -2.14. The quantitative estimate of drug-likeness (QED) is 0.637. The zero-order valence-corrected chi connectivity index (χ0v) is 14.2. The zero-order chi connectivity index (χ0) is 18.7. The van der Waals surface area contributed by atoms with E-state index >= 15 is 0 Å². The number of aryl methyl sites for hydroxylation is 1. The molecule has 0 aliphatic rings. The predicted molar refractivity (Wildman–Crippen MR) is 96.0 cm³/mol. The van der Waals surface area contributed by atoms with E-state index in [1.54, 1.807) is 0 Å². The van der Waals surface area contributed by atoms with Crippen molar-refractivity contribution in [2.75, 3.05) is 10.6 Å². The summed E-state index contributed by atoms with van der Waals surface area (Å²) in [4.78, 5) is 8.39. The summed E-state index contributed by atoms with van der Waals surface area (Å²) in [6, 6.07) is 12.6. The molecule has 2 N–H and O–H groups in total. The molecule has 3 rings (SSSR count). The zero-order valence-electron chi connectivity index (χ0n) is 14.2. The number of nitrogens with zero attached hydrogens (tertiary/aromatic N) is 2. The molecule has 0 bridgehead atoms. The van der Waals surface area contributed by atoms with Crippen LogP contribution in [0.15, 0.2) is 54.7 Å². The van der Waals surface area contributed by atoms with Crippen molar-refractivity contribution in [2.24, 2.45) is 0 Å². The third-order valence-electron chi connectivity index (χ3n) is 4.00. The average Bonchev–Trinajstić information content (AvgIpc) is 2.59. The molecule has 4 nitrogen and oxygen atoms in total. The molecule has 0 aliphatic carbocycles. The van der Waals surface area contributed by atoms with Crippen LogP contribution in [-0.2, 0) is 6.18 Å². The predicted octanol–water partition coefficient (Wildman–Crippen LogP) is 5.60. The average molecular weight is 358 g/mol. The van der Waals surface area contributed by atoms with Gasteiger partial charge in [-0.25, -0.2) is 4.98 Å². The Morgan fingerprint density at radius 2 is 1.58 bits per heavy atom. The summed E-state index contributed by atoms with van der Waals surface area (Å²) >= 11 is 0. The van der Waals surface area contributed by atoms with Gasteiger partial charge in [0.1, 0.15) is 5.82 Å². The Morgan fingerprint density at radius 3 is 2.35 bits per heavy atom. The highest BCUT2D eigenvalue weighted by molar-refractivity contribution is 5.64. The minimum absolute atomic E-state index is 0.0589. The molecule has 0 amide bonds. The lowest BCUT2D eigenvalue weighted by Crippen LogP contribution is -2.09. The molecular formula is C19H17F3N4. The fourth-order valence-corrected chi connectivity index (χ4v) is 2.47. The van der Waals surface area contributed by atoms with Crippen LogP contribution in [0, 0.1) is 13.8 Å². The first-order chi connectivity index (χ1) is 12.3. The first-order valence-electron chi connectivity index (χ1n) is 7.94. The maximum Gasteiger partial charge on any atom is 0.418 e. The Balaban J connectivity index is 1.86. The van der Waals surface area contributed by atoms with E-state index < -0.39 is 11.7 Å². The van der Waals surface area contributed by atoms with Crippen molar-refractivity contribution in [3.63, 3.8) is 0 Å². The number of anilines is 4. The van der Waals surface area contributed by atoms with Crippen LogP contribution in [0.5, 0.6) is 0 Å². The first-order valence-corrected chi connectivity index (χ1v) is 7.94. The molecule has 0 unspecified atom stereocenters. The Labute approximate surface area is 149 Å². The molecule has 0 fully saturated rings. The molecule has 7 heteroatoms. The van der Waals surface area contributed by atoms with Crippen LogP contribution in [0.1, 0.15) is 16.7 Å². The van der Waals surface area contributed by atoms with Crippen molar-refractivity contribution in [1.29, 1.82) is 0 Å². The van der Waals surface area contributed by atoms with E-state index in [0.29, 0.717) is 5.95 Å². The summed E-state index contributed by atoms with van der Waals surface area (Å²) in [6.45, 7) is 3.97. The normalized spacial score (nSPS) is 11.3. The summed E-state index contributed by atoms with van der Waals surface area (Å²) in [7, 11) is 0. The number of benzene rings is 2. The number of hydrogen-bond acceptors (Lipinski definition) is 4. The van der Waals surface area contributed by atoms with Crippen LogP contribution in [0.25, 0.3) is 0 Å². The van der Waals surface area contributed by atoms with Crippen molar-refractivity contribution in [1.82, 2.24) is 9.97 Å². The third kappa shape index (κ3) is 3.93. The van der Waals surface area contributed by atoms with Crippen LogP contribution in [0.3, 0.4) is 0 Å². The lowest BCUT2D eigenvalue weighted by atomic mass is 10.1. The molecule has 2 aromatic carbocycles. The molecule has 3 aromatic rings. The molecule has 1 aromatic heterocycles. The van der Waals surface area contributed by atoms with Crippen LogP contribution in [0.2, 0.25) is 0 Å². The highest BCUT2D eigenvalue weighted by Gasteiger charge is 2.33.